The van der Waals surface area contributed by atoms with Gasteiger partial charge in [-0.1, -0.05) is 58.8 Å². The Morgan fingerprint density at radius 2 is 1.65 bits per heavy atom. The number of hydrogen-bond acceptors (Lipinski definition) is 1. The Labute approximate surface area is 109 Å². The van der Waals surface area contributed by atoms with Crippen molar-refractivity contribution in [3.05, 3.63) is 0 Å². The van der Waals surface area contributed by atoms with Gasteiger partial charge in [0.05, 0.1) is 0 Å². The molecular formula is C16H33N. The molecule has 1 nitrogen and oxygen atoms in total. The molecule has 1 N–H and O–H groups in total. The molecule has 0 aromatic heterocycles. The van der Waals surface area contributed by atoms with Crippen LogP contribution in [0.2, 0.25) is 0 Å². The average molecular weight is 239 g/mol. The van der Waals surface area contributed by atoms with Gasteiger partial charge in [-0.2, -0.15) is 0 Å². The molecule has 1 fully saturated rings. The summed E-state index contributed by atoms with van der Waals surface area (Å²) in [5.74, 6) is 0.983. The van der Waals surface area contributed by atoms with Crippen LogP contribution in [-0.4, -0.2) is 12.6 Å². The molecule has 2 atom stereocenters. The van der Waals surface area contributed by atoms with Crippen molar-refractivity contribution >= 4 is 0 Å². The Balaban J connectivity index is 2.13. The summed E-state index contributed by atoms with van der Waals surface area (Å²) in [7, 11) is 0. The first-order valence-electron chi connectivity index (χ1n) is 8.11. The summed E-state index contributed by atoms with van der Waals surface area (Å²) in [6.07, 6.45) is 15.8. The molecule has 1 rings (SSSR count). The topological polar surface area (TPSA) is 12.0 Å². The Morgan fingerprint density at radius 3 is 2.41 bits per heavy atom. The van der Waals surface area contributed by atoms with Gasteiger partial charge in [0, 0.05) is 6.04 Å². The summed E-state index contributed by atoms with van der Waals surface area (Å²) < 4.78 is 0. The molecule has 1 heteroatoms. The van der Waals surface area contributed by atoms with Crippen LogP contribution in [0.5, 0.6) is 0 Å². The van der Waals surface area contributed by atoms with E-state index in [1.807, 2.05) is 0 Å². The molecule has 0 amide bonds. The van der Waals surface area contributed by atoms with Crippen LogP contribution in [-0.2, 0) is 0 Å². The van der Waals surface area contributed by atoms with E-state index in [2.05, 4.69) is 19.2 Å². The van der Waals surface area contributed by atoms with Crippen molar-refractivity contribution in [1.82, 2.24) is 5.32 Å². The van der Waals surface area contributed by atoms with Gasteiger partial charge in [-0.25, -0.2) is 0 Å². The molecule has 0 aromatic carbocycles. The molecule has 1 aliphatic carbocycles. The van der Waals surface area contributed by atoms with Gasteiger partial charge in [-0.15, -0.1) is 0 Å². The maximum absolute atomic E-state index is 3.77. The maximum atomic E-state index is 3.77. The van der Waals surface area contributed by atoms with Gasteiger partial charge >= 0.3 is 0 Å². The molecule has 0 aliphatic heterocycles. The lowest BCUT2D eigenvalue weighted by molar-refractivity contribution is 0.244. The number of unbranched alkanes of at least 4 members (excludes halogenated alkanes) is 4. The second-order valence-corrected chi connectivity index (χ2v) is 5.81. The monoisotopic (exact) mass is 239 g/mol. The molecule has 0 spiro atoms. The highest BCUT2D eigenvalue weighted by Crippen LogP contribution is 2.28. The van der Waals surface area contributed by atoms with Crippen molar-refractivity contribution in [2.24, 2.45) is 5.92 Å². The fraction of sp³-hybridized carbons (Fsp3) is 1.00. The quantitative estimate of drug-likeness (QED) is 0.564. The minimum atomic E-state index is 0.842. The molecule has 0 radical (unpaired) electrons. The Kier molecular flexibility index (Phi) is 8.78. The molecule has 1 saturated carbocycles. The third-order valence-electron chi connectivity index (χ3n) is 4.24. The maximum Gasteiger partial charge on any atom is 0.00953 e. The van der Waals surface area contributed by atoms with E-state index in [0.717, 1.165) is 12.0 Å². The lowest BCUT2D eigenvalue weighted by Crippen LogP contribution is -2.38. The predicted octanol–water partition coefficient (Wildman–Crippen LogP) is 4.91. The smallest absolute Gasteiger partial charge is 0.00953 e. The summed E-state index contributed by atoms with van der Waals surface area (Å²) in [4.78, 5) is 0. The van der Waals surface area contributed by atoms with Crippen LogP contribution in [0, 0.1) is 5.92 Å². The minimum Gasteiger partial charge on any atom is -0.314 e. The van der Waals surface area contributed by atoms with Crippen molar-refractivity contribution in [2.75, 3.05) is 6.54 Å². The number of hydrogen-bond donors (Lipinski definition) is 1. The van der Waals surface area contributed by atoms with E-state index in [0.29, 0.717) is 0 Å². The van der Waals surface area contributed by atoms with E-state index in [1.165, 1.54) is 77.2 Å². The van der Waals surface area contributed by atoms with Crippen molar-refractivity contribution in [3.63, 3.8) is 0 Å². The van der Waals surface area contributed by atoms with Crippen molar-refractivity contribution in [1.29, 1.82) is 0 Å². The molecule has 0 aromatic rings. The van der Waals surface area contributed by atoms with Gasteiger partial charge < -0.3 is 5.32 Å². The Morgan fingerprint density at radius 1 is 0.882 bits per heavy atom. The molecule has 102 valence electrons. The summed E-state index contributed by atoms with van der Waals surface area (Å²) in [5, 5.41) is 3.77. The van der Waals surface area contributed by atoms with Crippen LogP contribution in [0.3, 0.4) is 0 Å². The summed E-state index contributed by atoms with van der Waals surface area (Å²) in [6.45, 7) is 5.79. The molecule has 0 bridgehead atoms. The first-order valence-corrected chi connectivity index (χ1v) is 8.11. The van der Waals surface area contributed by atoms with Crippen LogP contribution in [0.1, 0.15) is 84.5 Å². The summed E-state index contributed by atoms with van der Waals surface area (Å²) in [5.41, 5.74) is 0. The predicted molar refractivity (Wildman–Crippen MR) is 77.4 cm³/mol. The van der Waals surface area contributed by atoms with Crippen molar-refractivity contribution < 1.29 is 0 Å². The van der Waals surface area contributed by atoms with Gasteiger partial charge in [0.15, 0.2) is 0 Å². The van der Waals surface area contributed by atoms with Crippen molar-refractivity contribution in [3.8, 4) is 0 Å². The van der Waals surface area contributed by atoms with Gasteiger partial charge in [-0.3, -0.25) is 0 Å². The molecule has 17 heavy (non-hydrogen) atoms. The zero-order valence-corrected chi connectivity index (χ0v) is 12.1. The highest BCUT2D eigenvalue weighted by molar-refractivity contribution is 4.80. The van der Waals surface area contributed by atoms with E-state index in [-0.39, 0.29) is 0 Å². The van der Waals surface area contributed by atoms with Gasteiger partial charge in [0.2, 0.25) is 0 Å². The molecule has 0 saturated heterocycles. The van der Waals surface area contributed by atoms with E-state index in [9.17, 15) is 0 Å². The lowest BCUT2D eigenvalue weighted by atomic mass is 9.81. The van der Waals surface area contributed by atoms with Crippen molar-refractivity contribution in [2.45, 2.75) is 90.5 Å². The Bertz CT molecular complexity index is 167. The second kappa shape index (κ2) is 9.94. The van der Waals surface area contributed by atoms with Gasteiger partial charge in [-0.05, 0) is 38.1 Å². The van der Waals surface area contributed by atoms with Gasteiger partial charge in [0.25, 0.3) is 0 Å². The zero-order chi connectivity index (χ0) is 12.3. The first-order chi connectivity index (χ1) is 8.38. The Hall–Kier alpha value is -0.0400. The van der Waals surface area contributed by atoms with Crippen LogP contribution >= 0.6 is 0 Å². The third kappa shape index (κ3) is 6.45. The molecule has 1 aliphatic rings. The highest BCUT2D eigenvalue weighted by Gasteiger charge is 2.23. The normalized spacial score (nSPS) is 25.1. The largest absolute Gasteiger partial charge is 0.314 e. The fourth-order valence-corrected chi connectivity index (χ4v) is 3.16. The standard InChI is InChI=1S/C16H33N/c1-3-5-6-7-8-11-15-12-9-10-13-16(15)17-14-4-2/h15-17H,3-14H2,1-2H3. The van der Waals surface area contributed by atoms with Crippen LogP contribution in [0.25, 0.3) is 0 Å². The third-order valence-corrected chi connectivity index (χ3v) is 4.24. The highest BCUT2D eigenvalue weighted by atomic mass is 14.9. The van der Waals surface area contributed by atoms with Crippen LogP contribution in [0.15, 0.2) is 0 Å². The molecule has 0 heterocycles. The number of nitrogens with one attached hydrogen (secondary N) is 1. The zero-order valence-electron chi connectivity index (χ0n) is 12.1. The van der Waals surface area contributed by atoms with Gasteiger partial charge in [0.1, 0.15) is 0 Å². The van der Waals surface area contributed by atoms with E-state index in [1.54, 1.807) is 0 Å². The number of rotatable bonds is 9. The van der Waals surface area contributed by atoms with E-state index < -0.39 is 0 Å². The fourth-order valence-electron chi connectivity index (χ4n) is 3.16. The van der Waals surface area contributed by atoms with Crippen LogP contribution in [0.4, 0.5) is 0 Å². The van der Waals surface area contributed by atoms with E-state index in [4.69, 9.17) is 0 Å². The summed E-state index contributed by atoms with van der Waals surface area (Å²) in [6, 6.07) is 0.842. The molecular weight excluding hydrogens is 206 g/mol. The average Bonchev–Trinajstić information content (AvgIpc) is 2.37. The SMILES string of the molecule is CCCCCCCC1CCCCC1NCCC. The minimum absolute atomic E-state index is 0.842. The molecule has 2 unspecified atom stereocenters. The lowest BCUT2D eigenvalue weighted by Gasteiger charge is -2.32. The second-order valence-electron chi connectivity index (χ2n) is 5.81. The van der Waals surface area contributed by atoms with E-state index >= 15 is 0 Å². The van der Waals surface area contributed by atoms with Crippen LogP contribution < -0.4 is 5.32 Å². The first kappa shape index (κ1) is 15.0. The summed E-state index contributed by atoms with van der Waals surface area (Å²) >= 11 is 0.